The van der Waals surface area contributed by atoms with Crippen LogP contribution in [0.5, 0.6) is 11.5 Å². The number of alkyl halides is 1. The van der Waals surface area contributed by atoms with Crippen molar-refractivity contribution in [2.24, 2.45) is 0 Å². The van der Waals surface area contributed by atoms with Crippen molar-refractivity contribution in [3.8, 4) is 11.5 Å². The maximum absolute atomic E-state index is 13.6. The standard InChI is InChI=1S/C13H11BrFNO/c1-9-5-6-11(8-16-9)17-13-10(7-14)3-2-4-12(13)15/h2-6,8H,7H2,1H3. The molecule has 0 saturated heterocycles. The summed E-state index contributed by atoms with van der Waals surface area (Å²) in [6.45, 7) is 1.89. The van der Waals surface area contributed by atoms with Gasteiger partial charge in [0.25, 0.3) is 0 Å². The van der Waals surface area contributed by atoms with Crippen molar-refractivity contribution >= 4 is 15.9 Å². The van der Waals surface area contributed by atoms with Crippen LogP contribution in [-0.2, 0) is 5.33 Å². The van der Waals surface area contributed by atoms with Crippen molar-refractivity contribution in [1.82, 2.24) is 4.98 Å². The third-order valence-corrected chi connectivity index (χ3v) is 2.90. The molecule has 0 bridgehead atoms. The number of aryl methyl sites for hydroxylation is 1. The van der Waals surface area contributed by atoms with Crippen LogP contribution < -0.4 is 4.74 Å². The van der Waals surface area contributed by atoms with Crippen LogP contribution in [0.4, 0.5) is 4.39 Å². The van der Waals surface area contributed by atoms with Gasteiger partial charge in [0, 0.05) is 16.6 Å². The van der Waals surface area contributed by atoms with E-state index in [1.807, 2.05) is 19.1 Å². The summed E-state index contributed by atoms with van der Waals surface area (Å²) in [5, 5.41) is 0.541. The van der Waals surface area contributed by atoms with Crippen LogP contribution in [0.1, 0.15) is 11.3 Å². The molecule has 0 unspecified atom stereocenters. The number of para-hydroxylation sites is 1. The van der Waals surface area contributed by atoms with E-state index in [0.717, 1.165) is 11.3 Å². The first kappa shape index (κ1) is 12.0. The minimum atomic E-state index is -0.373. The molecule has 0 atom stereocenters. The van der Waals surface area contributed by atoms with Crippen LogP contribution in [-0.4, -0.2) is 4.98 Å². The van der Waals surface area contributed by atoms with Crippen molar-refractivity contribution in [2.45, 2.75) is 12.3 Å². The third-order valence-electron chi connectivity index (χ3n) is 2.30. The number of halogens is 2. The molecule has 4 heteroatoms. The van der Waals surface area contributed by atoms with Crippen molar-refractivity contribution < 1.29 is 9.13 Å². The van der Waals surface area contributed by atoms with Crippen LogP contribution >= 0.6 is 15.9 Å². The molecule has 0 spiro atoms. The molecular formula is C13H11BrFNO. The first-order chi connectivity index (χ1) is 8.20. The van der Waals surface area contributed by atoms with E-state index < -0.39 is 0 Å². The Morgan fingerprint density at radius 2 is 2.12 bits per heavy atom. The lowest BCUT2D eigenvalue weighted by molar-refractivity contribution is 0.436. The van der Waals surface area contributed by atoms with Crippen LogP contribution in [0.3, 0.4) is 0 Å². The van der Waals surface area contributed by atoms with Gasteiger partial charge in [-0.2, -0.15) is 0 Å². The number of rotatable bonds is 3. The third kappa shape index (κ3) is 2.82. The first-order valence-electron chi connectivity index (χ1n) is 5.14. The Hall–Kier alpha value is -1.42. The zero-order chi connectivity index (χ0) is 12.3. The smallest absolute Gasteiger partial charge is 0.167 e. The summed E-state index contributed by atoms with van der Waals surface area (Å²) in [5.41, 5.74) is 1.66. The van der Waals surface area contributed by atoms with Gasteiger partial charge in [0.15, 0.2) is 11.6 Å². The molecule has 0 aliphatic rings. The van der Waals surface area contributed by atoms with E-state index in [0.29, 0.717) is 11.1 Å². The fourth-order valence-electron chi connectivity index (χ4n) is 1.41. The highest BCUT2D eigenvalue weighted by Gasteiger charge is 2.10. The number of pyridine rings is 1. The van der Waals surface area contributed by atoms with Crippen LogP contribution in [0, 0.1) is 12.7 Å². The Morgan fingerprint density at radius 3 is 2.76 bits per heavy atom. The van der Waals surface area contributed by atoms with Crippen molar-refractivity contribution in [2.75, 3.05) is 0 Å². The Bertz CT molecular complexity index is 513. The van der Waals surface area contributed by atoms with Gasteiger partial charge in [-0.15, -0.1) is 0 Å². The zero-order valence-electron chi connectivity index (χ0n) is 9.28. The second kappa shape index (κ2) is 5.27. The SMILES string of the molecule is Cc1ccc(Oc2c(F)cccc2CBr)cn1. The van der Waals surface area contributed by atoms with Gasteiger partial charge in [-0.3, -0.25) is 4.98 Å². The summed E-state index contributed by atoms with van der Waals surface area (Å²) in [6.07, 6.45) is 1.58. The van der Waals surface area contributed by atoms with E-state index >= 15 is 0 Å². The maximum atomic E-state index is 13.6. The molecule has 0 fully saturated rings. The summed E-state index contributed by atoms with van der Waals surface area (Å²) in [7, 11) is 0. The van der Waals surface area contributed by atoms with E-state index in [1.54, 1.807) is 18.3 Å². The Kier molecular flexibility index (Phi) is 3.74. The lowest BCUT2D eigenvalue weighted by Gasteiger charge is -2.10. The molecule has 0 radical (unpaired) electrons. The Balaban J connectivity index is 2.32. The number of hydrogen-bond acceptors (Lipinski definition) is 2. The van der Waals surface area contributed by atoms with E-state index in [4.69, 9.17) is 4.74 Å². The summed E-state index contributed by atoms with van der Waals surface area (Å²) in [5.74, 6) is 0.403. The monoisotopic (exact) mass is 295 g/mol. The van der Waals surface area contributed by atoms with E-state index in [9.17, 15) is 4.39 Å². The normalized spacial score (nSPS) is 10.3. The molecule has 2 rings (SSSR count). The molecular weight excluding hydrogens is 285 g/mol. The fraction of sp³-hybridized carbons (Fsp3) is 0.154. The van der Waals surface area contributed by atoms with Gasteiger partial charge in [0.05, 0.1) is 6.20 Å². The first-order valence-corrected chi connectivity index (χ1v) is 6.26. The lowest BCUT2D eigenvalue weighted by atomic mass is 10.2. The minimum absolute atomic E-state index is 0.245. The average molecular weight is 296 g/mol. The Morgan fingerprint density at radius 1 is 1.29 bits per heavy atom. The predicted octanol–water partition coefficient (Wildman–Crippen LogP) is 4.22. The number of aromatic nitrogens is 1. The van der Waals surface area contributed by atoms with Gasteiger partial charge < -0.3 is 4.74 Å². The number of nitrogens with zero attached hydrogens (tertiary/aromatic N) is 1. The zero-order valence-corrected chi connectivity index (χ0v) is 10.9. The second-order valence-electron chi connectivity index (χ2n) is 3.60. The van der Waals surface area contributed by atoms with Crippen molar-refractivity contribution in [3.63, 3.8) is 0 Å². The molecule has 0 saturated carbocycles. The average Bonchev–Trinajstić information content (AvgIpc) is 2.34. The molecule has 17 heavy (non-hydrogen) atoms. The fourth-order valence-corrected chi connectivity index (χ4v) is 1.85. The molecule has 1 heterocycles. The quantitative estimate of drug-likeness (QED) is 0.791. The van der Waals surface area contributed by atoms with Gasteiger partial charge in [-0.05, 0) is 25.1 Å². The second-order valence-corrected chi connectivity index (χ2v) is 4.16. The van der Waals surface area contributed by atoms with Gasteiger partial charge >= 0.3 is 0 Å². The highest BCUT2D eigenvalue weighted by atomic mass is 79.9. The van der Waals surface area contributed by atoms with Gasteiger partial charge in [0.1, 0.15) is 5.75 Å². The summed E-state index contributed by atoms with van der Waals surface area (Å²) >= 11 is 3.31. The molecule has 0 aliphatic heterocycles. The molecule has 2 nitrogen and oxygen atoms in total. The van der Waals surface area contributed by atoms with Gasteiger partial charge in [0.2, 0.25) is 0 Å². The molecule has 2 aromatic rings. The number of ether oxygens (including phenoxy) is 1. The summed E-state index contributed by atoms with van der Waals surface area (Å²) in [4.78, 5) is 4.10. The Labute approximate surface area is 108 Å². The lowest BCUT2D eigenvalue weighted by Crippen LogP contribution is -1.94. The predicted molar refractivity (Wildman–Crippen MR) is 68.1 cm³/mol. The molecule has 0 N–H and O–H groups in total. The van der Waals surface area contributed by atoms with Crippen molar-refractivity contribution in [3.05, 3.63) is 53.6 Å². The molecule has 1 aromatic heterocycles. The van der Waals surface area contributed by atoms with E-state index in [1.165, 1.54) is 6.07 Å². The largest absolute Gasteiger partial charge is 0.452 e. The van der Waals surface area contributed by atoms with Crippen LogP contribution in [0.15, 0.2) is 36.5 Å². The summed E-state index contributed by atoms with van der Waals surface area (Å²) < 4.78 is 19.2. The highest BCUT2D eigenvalue weighted by molar-refractivity contribution is 9.08. The molecule has 0 amide bonds. The molecule has 1 aromatic carbocycles. The molecule has 88 valence electrons. The number of benzene rings is 1. The van der Waals surface area contributed by atoms with Gasteiger partial charge in [-0.1, -0.05) is 28.1 Å². The van der Waals surface area contributed by atoms with Crippen LogP contribution in [0.2, 0.25) is 0 Å². The van der Waals surface area contributed by atoms with E-state index in [-0.39, 0.29) is 11.6 Å². The van der Waals surface area contributed by atoms with Crippen molar-refractivity contribution in [1.29, 1.82) is 0 Å². The van der Waals surface area contributed by atoms with E-state index in [2.05, 4.69) is 20.9 Å². The number of hydrogen-bond donors (Lipinski definition) is 0. The molecule has 0 aliphatic carbocycles. The maximum Gasteiger partial charge on any atom is 0.167 e. The highest BCUT2D eigenvalue weighted by Crippen LogP contribution is 2.29. The summed E-state index contributed by atoms with van der Waals surface area (Å²) in [6, 6.07) is 8.45. The van der Waals surface area contributed by atoms with Crippen LogP contribution in [0.25, 0.3) is 0 Å². The van der Waals surface area contributed by atoms with Gasteiger partial charge in [-0.25, -0.2) is 4.39 Å². The minimum Gasteiger partial charge on any atom is -0.452 e. The topological polar surface area (TPSA) is 22.1 Å².